The number of fused-ring (bicyclic) bond motifs is 3. The summed E-state index contributed by atoms with van der Waals surface area (Å²) in [5.41, 5.74) is -4.45. The van der Waals surface area contributed by atoms with Crippen LogP contribution in [0.4, 0.5) is 0 Å². The van der Waals surface area contributed by atoms with Gasteiger partial charge in [-0.2, -0.15) is 0 Å². The monoisotopic (exact) mass is 569 g/mol. The number of carbonyl (C=O) groups is 4. The molecule has 1 amide bonds. The number of rotatable bonds is 6. The standard InChI is InChI=1S/C30H39N3O8/c1-14(34)19-24(37)22(33(6)7)17-11-29(13-32-27(40)28(2,3)4)10-16-15(12-31-5)8-9-18(35)20(16)23(36)21(29)26(39)30(17,41)25(19)38/h8-9,17,22,31,35-36,38,41H,10-13H2,1-7H3,(H,32,40)/t17-,22-,29-,30+/m0/s1. The first-order chi connectivity index (χ1) is 18.9. The van der Waals surface area contributed by atoms with Crippen LogP contribution in [0.25, 0.3) is 5.76 Å². The van der Waals surface area contributed by atoms with E-state index in [4.69, 9.17) is 0 Å². The third kappa shape index (κ3) is 4.47. The Hall–Kier alpha value is -3.54. The average Bonchev–Trinajstić information content (AvgIpc) is 2.85. The first kappa shape index (κ1) is 30.4. The van der Waals surface area contributed by atoms with E-state index in [1.165, 1.54) is 11.0 Å². The van der Waals surface area contributed by atoms with Crippen LogP contribution in [0, 0.1) is 16.7 Å². The Labute approximate surface area is 238 Å². The SMILES string of the molecule is CNCc1ccc(O)c2c1C[C@@]1(CNC(=O)C(C)(C)C)C[C@H]3[C@H](N(C)C)C(=O)C(C(C)=O)=C(O)[C@@]3(O)C(=O)C1=C2O. The number of phenols is 1. The molecule has 11 nitrogen and oxygen atoms in total. The summed E-state index contributed by atoms with van der Waals surface area (Å²) in [5.74, 6) is -6.08. The van der Waals surface area contributed by atoms with Gasteiger partial charge in [0, 0.05) is 35.4 Å². The fraction of sp³-hybridized carbons (Fsp3) is 0.533. The van der Waals surface area contributed by atoms with Crippen molar-refractivity contribution >= 4 is 29.0 Å². The minimum absolute atomic E-state index is 0.0206. The van der Waals surface area contributed by atoms with Crippen molar-refractivity contribution in [3.63, 3.8) is 0 Å². The molecule has 1 aromatic rings. The molecule has 0 bridgehead atoms. The quantitative estimate of drug-likeness (QED) is 0.274. The van der Waals surface area contributed by atoms with Gasteiger partial charge in [0.2, 0.25) is 11.7 Å². The van der Waals surface area contributed by atoms with Gasteiger partial charge in [0.1, 0.15) is 22.8 Å². The van der Waals surface area contributed by atoms with Gasteiger partial charge in [-0.1, -0.05) is 26.8 Å². The Morgan fingerprint density at radius 1 is 1.12 bits per heavy atom. The topological polar surface area (TPSA) is 176 Å². The van der Waals surface area contributed by atoms with Crippen LogP contribution in [0.15, 0.2) is 29.0 Å². The number of Topliss-reactive ketones (excluding diaryl/α,β-unsaturated/α-hetero) is 3. The largest absolute Gasteiger partial charge is 0.508 e. The van der Waals surface area contributed by atoms with Gasteiger partial charge in [0.25, 0.3) is 0 Å². The third-order valence-corrected chi connectivity index (χ3v) is 8.67. The number of carbonyl (C=O) groups excluding carboxylic acids is 4. The molecule has 41 heavy (non-hydrogen) atoms. The van der Waals surface area contributed by atoms with E-state index >= 15 is 0 Å². The molecular formula is C30H39N3O8. The molecule has 0 aliphatic heterocycles. The molecule has 3 aliphatic rings. The zero-order valence-corrected chi connectivity index (χ0v) is 24.5. The van der Waals surface area contributed by atoms with E-state index in [1.54, 1.807) is 48.0 Å². The van der Waals surface area contributed by atoms with Gasteiger partial charge in [-0.3, -0.25) is 24.1 Å². The second kappa shape index (κ2) is 10.1. The van der Waals surface area contributed by atoms with E-state index in [0.29, 0.717) is 12.1 Å². The van der Waals surface area contributed by atoms with Crippen molar-refractivity contribution in [1.29, 1.82) is 0 Å². The molecule has 0 radical (unpaired) electrons. The summed E-state index contributed by atoms with van der Waals surface area (Å²) in [4.78, 5) is 55.0. The highest BCUT2D eigenvalue weighted by molar-refractivity contribution is 6.25. The van der Waals surface area contributed by atoms with Crippen LogP contribution in [0.5, 0.6) is 5.75 Å². The molecule has 0 aromatic heterocycles. The lowest BCUT2D eigenvalue weighted by molar-refractivity contribution is -0.157. The molecule has 4 rings (SSSR count). The van der Waals surface area contributed by atoms with Crippen molar-refractivity contribution in [2.24, 2.45) is 16.7 Å². The van der Waals surface area contributed by atoms with E-state index in [1.807, 2.05) is 0 Å². The molecule has 0 unspecified atom stereocenters. The number of aliphatic hydroxyl groups is 3. The number of likely N-dealkylation sites (N-methyl/N-ethyl adjacent to an activating group) is 1. The summed E-state index contributed by atoms with van der Waals surface area (Å²) in [5, 5.41) is 51.7. The van der Waals surface area contributed by atoms with Crippen LogP contribution in [-0.2, 0) is 32.1 Å². The van der Waals surface area contributed by atoms with E-state index in [9.17, 15) is 39.6 Å². The van der Waals surface area contributed by atoms with E-state index in [2.05, 4.69) is 10.6 Å². The van der Waals surface area contributed by atoms with Crippen molar-refractivity contribution in [2.75, 3.05) is 27.7 Å². The fourth-order valence-electron chi connectivity index (χ4n) is 6.69. The second-order valence-corrected chi connectivity index (χ2v) is 12.7. The molecule has 222 valence electrons. The summed E-state index contributed by atoms with van der Waals surface area (Å²) in [7, 11) is 4.89. The number of aromatic hydroxyl groups is 1. The number of hydrogen-bond donors (Lipinski definition) is 6. The smallest absolute Gasteiger partial charge is 0.225 e. The first-order valence-corrected chi connectivity index (χ1v) is 13.6. The molecule has 0 heterocycles. The maximum atomic E-state index is 14.4. The highest BCUT2D eigenvalue weighted by Gasteiger charge is 2.67. The van der Waals surface area contributed by atoms with Crippen LogP contribution in [-0.4, -0.2) is 87.9 Å². The number of aliphatic hydroxyl groups excluding tert-OH is 2. The van der Waals surface area contributed by atoms with Gasteiger partial charge in [-0.15, -0.1) is 0 Å². The molecule has 6 N–H and O–H groups in total. The Balaban J connectivity index is 2.05. The van der Waals surface area contributed by atoms with Gasteiger partial charge in [-0.05, 0) is 58.1 Å². The average molecular weight is 570 g/mol. The number of hydrogen-bond acceptors (Lipinski definition) is 10. The lowest BCUT2D eigenvalue weighted by Crippen LogP contribution is -2.68. The predicted molar refractivity (Wildman–Crippen MR) is 150 cm³/mol. The van der Waals surface area contributed by atoms with Crippen molar-refractivity contribution in [3.8, 4) is 5.75 Å². The number of nitrogens with one attached hydrogen (secondary N) is 2. The van der Waals surface area contributed by atoms with Crippen molar-refractivity contribution < 1.29 is 39.6 Å². The summed E-state index contributed by atoms with van der Waals surface area (Å²) < 4.78 is 0. The highest BCUT2D eigenvalue weighted by atomic mass is 16.3. The zero-order chi connectivity index (χ0) is 30.8. The molecule has 1 fully saturated rings. The van der Waals surface area contributed by atoms with Gasteiger partial charge < -0.3 is 31.1 Å². The van der Waals surface area contributed by atoms with Crippen molar-refractivity contribution in [2.45, 2.75) is 58.7 Å². The summed E-state index contributed by atoms with van der Waals surface area (Å²) in [6, 6.07) is 1.93. The molecule has 1 aromatic carbocycles. The molecular weight excluding hydrogens is 530 g/mol. The van der Waals surface area contributed by atoms with Crippen LogP contribution >= 0.6 is 0 Å². The maximum absolute atomic E-state index is 14.4. The Morgan fingerprint density at radius 2 is 1.76 bits per heavy atom. The number of benzene rings is 1. The van der Waals surface area contributed by atoms with Gasteiger partial charge in [0.05, 0.1) is 11.6 Å². The van der Waals surface area contributed by atoms with Crippen LogP contribution in [0.3, 0.4) is 0 Å². The number of phenolic OH excluding ortho intramolecular Hbond substituents is 1. The molecule has 3 aliphatic carbocycles. The number of ketones is 3. The summed E-state index contributed by atoms with van der Waals surface area (Å²) >= 11 is 0. The zero-order valence-electron chi connectivity index (χ0n) is 24.5. The fourth-order valence-corrected chi connectivity index (χ4v) is 6.69. The van der Waals surface area contributed by atoms with Gasteiger partial charge in [0.15, 0.2) is 17.2 Å². The number of amides is 1. The van der Waals surface area contributed by atoms with Gasteiger partial charge in [-0.25, -0.2) is 0 Å². The van der Waals surface area contributed by atoms with E-state index < -0.39 is 62.8 Å². The Bertz CT molecular complexity index is 1420. The minimum atomic E-state index is -2.71. The Morgan fingerprint density at radius 3 is 2.29 bits per heavy atom. The maximum Gasteiger partial charge on any atom is 0.225 e. The highest BCUT2D eigenvalue weighted by Crippen LogP contribution is 2.58. The van der Waals surface area contributed by atoms with Crippen LogP contribution < -0.4 is 10.6 Å². The van der Waals surface area contributed by atoms with Crippen LogP contribution in [0.1, 0.15) is 50.8 Å². The van der Waals surface area contributed by atoms with Gasteiger partial charge >= 0.3 is 0 Å². The summed E-state index contributed by atoms with van der Waals surface area (Å²) in [6.07, 6.45) is -0.0365. The van der Waals surface area contributed by atoms with Crippen molar-refractivity contribution in [3.05, 3.63) is 45.7 Å². The minimum Gasteiger partial charge on any atom is -0.508 e. The molecule has 11 heteroatoms. The third-order valence-electron chi connectivity index (χ3n) is 8.67. The molecule has 0 saturated heterocycles. The lowest BCUT2D eigenvalue weighted by atomic mass is 9.51. The number of nitrogens with zero attached hydrogens (tertiary/aromatic N) is 1. The first-order valence-electron chi connectivity index (χ1n) is 13.6. The molecule has 1 saturated carbocycles. The predicted octanol–water partition coefficient (Wildman–Crippen LogP) is 1.32. The Kier molecular flexibility index (Phi) is 7.47. The van der Waals surface area contributed by atoms with Crippen LogP contribution in [0.2, 0.25) is 0 Å². The summed E-state index contributed by atoms with van der Waals surface area (Å²) in [6.45, 7) is 6.49. The van der Waals surface area contributed by atoms with E-state index in [-0.39, 0.29) is 42.2 Å². The molecule has 0 spiro atoms. The van der Waals surface area contributed by atoms with E-state index in [0.717, 1.165) is 12.5 Å². The molecule has 4 atom stereocenters. The lowest BCUT2D eigenvalue weighted by Gasteiger charge is -2.55. The van der Waals surface area contributed by atoms with Crippen molar-refractivity contribution in [1.82, 2.24) is 15.5 Å². The second-order valence-electron chi connectivity index (χ2n) is 12.7. The normalized spacial score (nSPS) is 27.9.